The van der Waals surface area contributed by atoms with Gasteiger partial charge in [-0.05, 0) is 42.8 Å². The van der Waals surface area contributed by atoms with E-state index in [1.165, 1.54) is 18.5 Å². The summed E-state index contributed by atoms with van der Waals surface area (Å²) in [5.74, 6) is 1.96. The first-order chi connectivity index (χ1) is 13.6. The van der Waals surface area contributed by atoms with Gasteiger partial charge in [-0.25, -0.2) is 14.4 Å². The van der Waals surface area contributed by atoms with Crippen LogP contribution in [0.3, 0.4) is 0 Å². The average molecular weight is 379 g/mol. The Labute approximate surface area is 160 Å². The molecule has 1 N–H and O–H groups in total. The van der Waals surface area contributed by atoms with Gasteiger partial charge >= 0.3 is 0 Å². The Bertz CT molecular complexity index is 1100. The summed E-state index contributed by atoms with van der Waals surface area (Å²) in [5.41, 5.74) is 1.69. The molecule has 0 saturated heterocycles. The highest BCUT2D eigenvalue weighted by Gasteiger charge is 2.16. The Morgan fingerprint density at radius 2 is 1.96 bits per heavy atom. The number of halogens is 1. The van der Waals surface area contributed by atoms with E-state index in [0.29, 0.717) is 34.9 Å². The molecule has 1 atom stereocenters. The number of nitrogens with one attached hydrogen (secondary N) is 1. The third kappa shape index (κ3) is 3.75. The molecule has 0 saturated carbocycles. The third-order valence-corrected chi connectivity index (χ3v) is 4.34. The lowest BCUT2D eigenvalue weighted by Crippen LogP contribution is -2.10. The first-order valence-electron chi connectivity index (χ1n) is 8.74. The Hall–Kier alpha value is -3.55. The predicted molar refractivity (Wildman–Crippen MR) is 102 cm³/mol. The van der Waals surface area contributed by atoms with Crippen molar-refractivity contribution >= 4 is 16.7 Å². The minimum atomic E-state index is -0.348. The van der Waals surface area contributed by atoms with Gasteiger partial charge in [0.25, 0.3) is 0 Å². The SMILES string of the molecule is COc1ccc(Cc2nc(C(C)Nc3ncnc4ccc(F)cc34)no2)cc1. The van der Waals surface area contributed by atoms with Gasteiger partial charge in [-0.2, -0.15) is 4.98 Å². The van der Waals surface area contributed by atoms with E-state index < -0.39 is 0 Å². The number of nitrogens with zero attached hydrogens (tertiary/aromatic N) is 4. The fourth-order valence-electron chi connectivity index (χ4n) is 2.85. The van der Waals surface area contributed by atoms with Gasteiger partial charge in [-0.3, -0.25) is 0 Å². The molecule has 0 bridgehead atoms. The van der Waals surface area contributed by atoms with E-state index in [0.717, 1.165) is 11.3 Å². The lowest BCUT2D eigenvalue weighted by Gasteiger charge is -2.12. The summed E-state index contributed by atoms with van der Waals surface area (Å²) in [6, 6.07) is 11.8. The molecule has 7 nitrogen and oxygen atoms in total. The number of methoxy groups -OCH3 is 1. The Morgan fingerprint density at radius 1 is 1.14 bits per heavy atom. The van der Waals surface area contributed by atoms with Crippen molar-refractivity contribution in [2.24, 2.45) is 0 Å². The van der Waals surface area contributed by atoms with Gasteiger partial charge in [0, 0.05) is 5.39 Å². The van der Waals surface area contributed by atoms with Crippen molar-refractivity contribution in [2.75, 3.05) is 12.4 Å². The van der Waals surface area contributed by atoms with Gasteiger partial charge in [-0.1, -0.05) is 17.3 Å². The molecule has 28 heavy (non-hydrogen) atoms. The minimum Gasteiger partial charge on any atom is -0.497 e. The molecule has 0 radical (unpaired) electrons. The van der Waals surface area contributed by atoms with E-state index >= 15 is 0 Å². The standard InChI is InChI=1S/C20H18FN5O2/c1-12(24-20-16-10-14(21)5-8-17(16)22-11-23-20)19-25-18(28-26-19)9-13-3-6-15(27-2)7-4-13/h3-8,10-12H,9H2,1-2H3,(H,22,23,24). The number of benzene rings is 2. The highest BCUT2D eigenvalue weighted by molar-refractivity contribution is 5.88. The van der Waals surface area contributed by atoms with E-state index in [-0.39, 0.29) is 11.9 Å². The van der Waals surface area contributed by atoms with Crippen molar-refractivity contribution in [1.29, 1.82) is 0 Å². The van der Waals surface area contributed by atoms with E-state index in [2.05, 4.69) is 25.4 Å². The molecule has 4 rings (SSSR count). The molecule has 0 fully saturated rings. The number of rotatable bonds is 6. The highest BCUT2D eigenvalue weighted by atomic mass is 19.1. The Kier molecular flexibility index (Phi) is 4.84. The molecule has 2 heterocycles. The molecule has 2 aromatic heterocycles. The van der Waals surface area contributed by atoms with Gasteiger partial charge in [0.2, 0.25) is 5.89 Å². The number of hydrogen-bond acceptors (Lipinski definition) is 7. The molecule has 0 aliphatic heterocycles. The van der Waals surface area contributed by atoms with Crippen LogP contribution in [0.5, 0.6) is 5.75 Å². The molecule has 0 aliphatic carbocycles. The number of aromatic nitrogens is 4. The molecule has 1 unspecified atom stereocenters. The molecular formula is C20H18FN5O2. The van der Waals surface area contributed by atoms with Crippen molar-refractivity contribution in [3.8, 4) is 5.75 Å². The second-order valence-corrected chi connectivity index (χ2v) is 6.32. The van der Waals surface area contributed by atoms with Gasteiger partial charge < -0.3 is 14.6 Å². The highest BCUT2D eigenvalue weighted by Crippen LogP contribution is 2.24. The van der Waals surface area contributed by atoms with Crippen LogP contribution in [0.4, 0.5) is 10.2 Å². The van der Waals surface area contributed by atoms with Crippen molar-refractivity contribution in [3.63, 3.8) is 0 Å². The smallest absolute Gasteiger partial charge is 0.231 e. The van der Waals surface area contributed by atoms with Crippen LogP contribution >= 0.6 is 0 Å². The maximum Gasteiger partial charge on any atom is 0.231 e. The van der Waals surface area contributed by atoms with Crippen LogP contribution in [-0.4, -0.2) is 27.2 Å². The van der Waals surface area contributed by atoms with Crippen LogP contribution < -0.4 is 10.1 Å². The summed E-state index contributed by atoms with van der Waals surface area (Å²) < 4.78 is 24.1. The molecule has 8 heteroatoms. The summed E-state index contributed by atoms with van der Waals surface area (Å²) in [7, 11) is 1.63. The van der Waals surface area contributed by atoms with Gasteiger partial charge in [0.1, 0.15) is 23.7 Å². The molecule has 0 amide bonds. The number of fused-ring (bicyclic) bond motifs is 1. The number of hydrogen-bond donors (Lipinski definition) is 1. The molecule has 142 valence electrons. The van der Waals surface area contributed by atoms with Crippen LogP contribution in [0.1, 0.15) is 30.2 Å². The molecule has 0 spiro atoms. The van der Waals surface area contributed by atoms with Gasteiger partial charge in [-0.15, -0.1) is 0 Å². The van der Waals surface area contributed by atoms with Crippen LogP contribution in [0.25, 0.3) is 10.9 Å². The fraction of sp³-hybridized carbons (Fsp3) is 0.200. The van der Waals surface area contributed by atoms with Crippen LogP contribution in [0.2, 0.25) is 0 Å². The first-order valence-corrected chi connectivity index (χ1v) is 8.74. The first kappa shape index (κ1) is 17.8. The zero-order chi connectivity index (χ0) is 19.5. The van der Waals surface area contributed by atoms with Gasteiger partial charge in [0.05, 0.1) is 25.1 Å². The Balaban J connectivity index is 1.50. The molecule has 4 aromatic rings. The summed E-state index contributed by atoms with van der Waals surface area (Å²) >= 11 is 0. The van der Waals surface area contributed by atoms with Crippen molar-refractivity contribution in [2.45, 2.75) is 19.4 Å². The average Bonchev–Trinajstić information content (AvgIpc) is 3.18. The zero-order valence-electron chi connectivity index (χ0n) is 15.4. The topological polar surface area (TPSA) is 86.0 Å². The summed E-state index contributed by atoms with van der Waals surface area (Å²) in [6.45, 7) is 1.88. The van der Waals surface area contributed by atoms with Crippen LogP contribution in [0.15, 0.2) is 53.3 Å². The second-order valence-electron chi connectivity index (χ2n) is 6.32. The number of anilines is 1. The quantitative estimate of drug-likeness (QED) is 0.543. The number of ether oxygens (including phenoxy) is 1. The molecule has 0 aliphatic rings. The maximum absolute atomic E-state index is 13.6. The van der Waals surface area contributed by atoms with E-state index in [4.69, 9.17) is 9.26 Å². The van der Waals surface area contributed by atoms with E-state index in [1.54, 1.807) is 13.2 Å². The van der Waals surface area contributed by atoms with E-state index in [9.17, 15) is 4.39 Å². The summed E-state index contributed by atoms with van der Waals surface area (Å²) in [4.78, 5) is 12.8. The molecule has 2 aromatic carbocycles. The maximum atomic E-state index is 13.6. The predicted octanol–water partition coefficient (Wildman–Crippen LogP) is 3.92. The lowest BCUT2D eigenvalue weighted by atomic mass is 10.1. The van der Waals surface area contributed by atoms with Crippen molar-refractivity contribution < 1.29 is 13.7 Å². The van der Waals surface area contributed by atoms with Crippen LogP contribution in [-0.2, 0) is 6.42 Å². The van der Waals surface area contributed by atoms with Crippen molar-refractivity contribution in [3.05, 3.63) is 71.9 Å². The van der Waals surface area contributed by atoms with Crippen molar-refractivity contribution in [1.82, 2.24) is 20.1 Å². The summed E-state index contributed by atoms with van der Waals surface area (Å²) in [5, 5.41) is 7.84. The normalized spacial score (nSPS) is 12.1. The third-order valence-electron chi connectivity index (χ3n) is 4.34. The van der Waals surface area contributed by atoms with Gasteiger partial charge in [0.15, 0.2) is 5.82 Å². The molecular weight excluding hydrogens is 361 g/mol. The Morgan fingerprint density at radius 3 is 2.75 bits per heavy atom. The largest absolute Gasteiger partial charge is 0.497 e. The van der Waals surface area contributed by atoms with E-state index in [1.807, 2.05) is 31.2 Å². The summed E-state index contributed by atoms with van der Waals surface area (Å²) in [6.07, 6.45) is 1.95. The fourth-order valence-corrected chi connectivity index (χ4v) is 2.85. The minimum absolute atomic E-state index is 0.283. The van der Waals surface area contributed by atoms with Crippen LogP contribution in [0, 0.1) is 5.82 Å². The second kappa shape index (κ2) is 7.59. The lowest BCUT2D eigenvalue weighted by molar-refractivity contribution is 0.377. The monoisotopic (exact) mass is 379 g/mol. The zero-order valence-corrected chi connectivity index (χ0v) is 15.4.